The van der Waals surface area contributed by atoms with Gasteiger partial charge < -0.3 is 0 Å². The molecule has 60 heavy (non-hydrogen) atoms. The quantitative estimate of drug-likeness (QED) is 0.120. The Morgan fingerprint density at radius 2 is 0.483 bits per heavy atom. The van der Waals surface area contributed by atoms with Crippen LogP contribution in [0.3, 0.4) is 0 Å². The first-order valence-electron chi connectivity index (χ1n) is 20.6. The molecule has 0 radical (unpaired) electrons. The Morgan fingerprint density at radius 3 is 0.750 bits per heavy atom. The van der Waals surface area contributed by atoms with Gasteiger partial charge in [0.05, 0.1) is 0 Å². The van der Waals surface area contributed by atoms with Gasteiger partial charge in [-0.3, -0.25) is 9.34 Å². The van der Waals surface area contributed by atoms with Gasteiger partial charge in [0, 0.05) is 28.1 Å². The van der Waals surface area contributed by atoms with Crippen LogP contribution >= 0.6 is 6.34 Å². The minimum atomic E-state index is -3.09. The highest BCUT2D eigenvalue weighted by Gasteiger charge is 2.55. The number of nitrogens with zero attached hydrogens (tertiary/aromatic N) is 2. The van der Waals surface area contributed by atoms with Crippen LogP contribution in [0.15, 0.2) is 249 Å². The molecule has 0 amide bonds. The molecule has 0 spiro atoms. The van der Waals surface area contributed by atoms with E-state index in [1.54, 1.807) is 0 Å². The SMILES string of the molecule is S=P(c1ccccc1)(N1c2ccccc2[Si](c2ccccc2)(c2ccccc2)c2ccccc21)N1c2ccccc2[Si](c2ccccc2)(c2ccccc2)c2ccccc21. The predicted octanol–water partition coefficient (Wildman–Crippen LogP) is 7.68. The minimum absolute atomic E-state index is 1.14. The standard InChI is InChI=1S/C54H41N2PSSi2/c58-57(42-24-6-1-7-25-42,55-47-34-16-20-38-51(47)59(43-26-8-2-9-27-43,44-28-10-3-11-29-44)52-39-21-17-35-48(52)55)56-49-36-18-22-40-53(49)60(45-30-12-4-13-31-45,46-32-14-5-15-33-46)54-41-23-19-37-50(54)56/h1-41H. The Labute approximate surface area is 359 Å². The molecule has 0 bridgehead atoms. The molecule has 2 aliphatic rings. The third kappa shape index (κ3) is 5.20. The summed E-state index contributed by atoms with van der Waals surface area (Å²) < 4.78 is 5.24. The Bertz CT molecular complexity index is 2680. The second-order valence-electron chi connectivity index (χ2n) is 15.5. The molecule has 0 saturated heterocycles. The molecule has 0 saturated carbocycles. The zero-order valence-electron chi connectivity index (χ0n) is 32.9. The maximum absolute atomic E-state index is 7.72. The minimum Gasteiger partial charge on any atom is -0.294 e. The van der Waals surface area contributed by atoms with E-state index in [4.69, 9.17) is 11.8 Å². The maximum Gasteiger partial charge on any atom is 0.184 e. The molecule has 2 aliphatic heterocycles. The summed E-state index contributed by atoms with van der Waals surface area (Å²) in [5.74, 6) is 0. The van der Waals surface area contributed by atoms with E-state index in [1.807, 2.05) is 0 Å². The van der Waals surface area contributed by atoms with Crippen LogP contribution in [0.5, 0.6) is 0 Å². The first-order valence-corrected chi connectivity index (χ1v) is 27.3. The molecule has 0 aromatic heterocycles. The van der Waals surface area contributed by atoms with Crippen LogP contribution < -0.4 is 56.1 Å². The van der Waals surface area contributed by atoms with Crippen molar-refractivity contribution in [2.45, 2.75) is 0 Å². The molecule has 0 aliphatic carbocycles. The summed E-state index contributed by atoms with van der Waals surface area (Å²) in [5, 5.41) is 12.0. The highest BCUT2D eigenvalue weighted by molar-refractivity contribution is 8.20. The highest BCUT2D eigenvalue weighted by atomic mass is 32.4. The number of para-hydroxylation sites is 4. The van der Waals surface area contributed by atoms with Crippen molar-refractivity contribution < 1.29 is 0 Å². The van der Waals surface area contributed by atoms with Crippen LogP contribution in [0.25, 0.3) is 0 Å². The van der Waals surface area contributed by atoms with Gasteiger partial charge in [0.1, 0.15) is 0 Å². The van der Waals surface area contributed by atoms with Crippen LogP contribution in [-0.4, -0.2) is 16.1 Å². The first-order chi connectivity index (χ1) is 29.7. The smallest absolute Gasteiger partial charge is 0.184 e. The van der Waals surface area contributed by atoms with Crippen molar-refractivity contribution in [3.63, 3.8) is 0 Å². The largest absolute Gasteiger partial charge is 0.294 e. The monoisotopic (exact) mass is 836 g/mol. The van der Waals surface area contributed by atoms with Gasteiger partial charge in [-0.2, -0.15) is 0 Å². The summed E-state index contributed by atoms with van der Waals surface area (Å²) in [7, 11) is -5.77. The lowest BCUT2D eigenvalue weighted by molar-refractivity contribution is 1.34. The average Bonchev–Trinajstić information content (AvgIpc) is 3.33. The van der Waals surface area contributed by atoms with Crippen LogP contribution in [-0.2, 0) is 11.8 Å². The molecule has 9 aromatic rings. The molecular formula is C54H41N2PSSi2. The molecule has 9 aromatic carbocycles. The summed E-state index contributed by atoms with van der Waals surface area (Å²) in [6, 6.07) is 92.7. The van der Waals surface area contributed by atoms with E-state index < -0.39 is 22.5 Å². The van der Waals surface area contributed by atoms with Crippen molar-refractivity contribution in [3.8, 4) is 0 Å². The topological polar surface area (TPSA) is 6.48 Å². The number of benzene rings is 9. The van der Waals surface area contributed by atoms with Crippen LogP contribution in [0.2, 0.25) is 0 Å². The normalized spacial score (nSPS) is 14.6. The zero-order valence-corrected chi connectivity index (χ0v) is 36.6. The molecule has 0 fully saturated rings. The van der Waals surface area contributed by atoms with E-state index in [1.165, 1.54) is 64.2 Å². The molecule has 0 atom stereocenters. The number of fused-ring (bicyclic) bond motifs is 4. The summed E-state index contributed by atoms with van der Waals surface area (Å²) >= 11 is 7.72. The molecule has 11 rings (SSSR count). The molecule has 0 unspecified atom stereocenters. The lowest BCUT2D eigenvalue weighted by Gasteiger charge is -2.54. The number of hydrogen-bond acceptors (Lipinski definition) is 1. The van der Waals surface area contributed by atoms with Crippen molar-refractivity contribution >= 4 is 104 Å². The number of rotatable bonds is 7. The van der Waals surface area contributed by atoms with E-state index in [-0.39, 0.29) is 0 Å². The maximum atomic E-state index is 7.72. The molecular weight excluding hydrogens is 796 g/mol. The van der Waals surface area contributed by atoms with Crippen molar-refractivity contribution in [2.24, 2.45) is 0 Å². The van der Waals surface area contributed by atoms with Crippen LogP contribution in [0, 0.1) is 0 Å². The fourth-order valence-electron chi connectivity index (χ4n) is 10.3. The van der Waals surface area contributed by atoms with Gasteiger partial charge in [0.15, 0.2) is 22.5 Å². The van der Waals surface area contributed by atoms with Gasteiger partial charge in [-0.25, -0.2) is 0 Å². The van der Waals surface area contributed by atoms with Crippen molar-refractivity contribution in [1.82, 2.24) is 0 Å². The fraction of sp³-hybridized carbons (Fsp3) is 0. The Balaban J connectivity index is 1.27. The summed E-state index contributed by atoms with van der Waals surface area (Å²) in [4.78, 5) is 0. The fourth-order valence-corrected chi connectivity index (χ4v) is 25.4. The van der Waals surface area contributed by atoms with Gasteiger partial charge in [-0.05, 0) is 77.6 Å². The van der Waals surface area contributed by atoms with Crippen molar-refractivity contribution in [1.29, 1.82) is 0 Å². The Hall–Kier alpha value is -6.34. The lowest BCUT2D eigenvalue weighted by atomic mass is 10.2. The highest BCUT2D eigenvalue weighted by Crippen LogP contribution is 2.63. The van der Waals surface area contributed by atoms with Gasteiger partial charge >= 0.3 is 0 Å². The molecule has 286 valence electrons. The molecule has 0 N–H and O–H groups in total. The second kappa shape index (κ2) is 14.7. The summed E-state index contributed by atoms with van der Waals surface area (Å²) in [5.41, 5.74) is 4.71. The zero-order chi connectivity index (χ0) is 40.2. The van der Waals surface area contributed by atoms with E-state index in [0.717, 1.165) is 5.30 Å². The predicted molar refractivity (Wildman–Crippen MR) is 265 cm³/mol. The van der Waals surface area contributed by atoms with Gasteiger partial charge in [-0.1, -0.05) is 224 Å². The average molecular weight is 837 g/mol. The third-order valence-corrected chi connectivity index (χ3v) is 26.9. The third-order valence-electron chi connectivity index (χ3n) is 12.6. The van der Waals surface area contributed by atoms with E-state index >= 15 is 0 Å². The van der Waals surface area contributed by atoms with E-state index in [0.29, 0.717) is 0 Å². The van der Waals surface area contributed by atoms with E-state index in [9.17, 15) is 0 Å². The first kappa shape index (κ1) is 36.7. The van der Waals surface area contributed by atoms with Gasteiger partial charge in [0.2, 0.25) is 0 Å². The van der Waals surface area contributed by atoms with Crippen molar-refractivity contribution in [2.75, 3.05) is 9.34 Å². The number of hydrogen-bond donors (Lipinski definition) is 0. The molecule has 2 heterocycles. The van der Waals surface area contributed by atoms with Gasteiger partial charge in [-0.15, -0.1) is 0 Å². The molecule has 6 heteroatoms. The Morgan fingerprint density at radius 1 is 0.267 bits per heavy atom. The summed E-state index contributed by atoms with van der Waals surface area (Å²) in [6.07, 6.45) is -3.09. The number of anilines is 4. The van der Waals surface area contributed by atoms with Crippen LogP contribution in [0.4, 0.5) is 22.7 Å². The molecule has 2 nitrogen and oxygen atoms in total. The van der Waals surface area contributed by atoms with Crippen molar-refractivity contribution in [3.05, 3.63) is 249 Å². The van der Waals surface area contributed by atoms with Crippen LogP contribution in [0.1, 0.15) is 0 Å². The second-order valence-corrected chi connectivity index (χ2v) is 26.9. The lowest BCUT2D eigenvalue weighted by Crippen LogP contribution is -2.78. The van der Waals surface area contributed by atoms with Gasteiger partial charge in [0.25, 0.3) is 0 Å². The van der Waals surface area contributed by atoms with E-state index in [2.05, 4.69) is 258 Å². The summed E-state index contributed by atoms with van der Waals surface area (Å²) in [6.45, 7) is 0. The Kier molecular flexibility index (Phi) is 9.02.